The lowest BCUT2D eigenvalue weighted by atomic mass is 10.2. The van der Waals surface area contributed by atoms with Crippen LogP contribution < -0.4 is 10.1 Å². The molecule has 0 saturated heterocycles. The maximum Gasteiger partial charge on any atom is 0.251 e. The first-order valence-electron chi connectivity index (χ1n) is 6.80. The van der Waals surface area contributed by atoms with Crippen molar-refractivity contribution >= 4 is 17.5 Å². The predicted molar refractivity (Wildman–Crippen MR) is 85.1 cm³/mol. The molecule has 0 aliphatic rings. The Hall–Kier alpha value is -2.00. The van der Waals surface area contributed by atoms with E-state index in [1.807, 2.05) is 38.1 Å². The molecule has 0 radical (unpaired) electrons. The molecule has 0 fully saturated rings. The topological polar surface area (TPSA) is 38.3 Å². The fourth-order valence-corrected chi connectivity index (χ4v) is 1.93. The molecule has 2 rings (SSSR count). The smallest absolute Gasteiger partial charge is 0.251 e. The zero-order valence-corrected chi connectivity index (χ0v) is 12.9. The van der Waals surface area contributed by atoms with Gasteiger partial charge < -0.3 is 10.1 Å². The van der Waals surface area contributed by atoms with Crippen LogP contribution in [-0.2, 0) is 0 Å². The number of carbonyl (C=O) groups is 1. The highest BCUT2D eigenvalue weighted by Gasteiger charge is 2.10. The molecule has 110 valence electrons. The Labute approximate surface area is 129 Å². The molecular weight excluding hydrogens is 286 g/mol. The van der Waals surface area contributed by atoms with Gasteiger partial charge in [-0.3, -0.25) is 4.79 Å². The molecule has 0 aliphatic heterocycles. The van der Waals surface area contributed by atoms with E-state index in [4.69, 9.17) is 16.3 Å². The van der Waals surface area contributed by atoms with Crippen molar-refractivity contribution in [1.82, 2.24) is 5.32 Å². The fourth-order valence-electron chi connectivity index (χ4n) is 1.81. The summed E-state index contributed by atoms with van der Waals surface area (Å²) in [5.41, 5.74) is 1.77. The van der Waals surface area contributed by atoms with Gasteiger partial charge >= 0.3 is 0 Å². The molecule has 1 amide bonds. The standard InChI is InChI=1S/C17H18ClNO2/c1-12-3-9-16(10-4-12)21-11-13(2)19-17(20)14-5-7-15(18)8-6-14/h3-10,13H,11H2,1-2H3,(H,19,20)/t13-/m1/s1. The number of hydrogen-bond acceptors (Lipinski definition) is 2. The number of rotatable bonds is 5. The molecule has 2 aromatic carbocycles. The normalized spacial score (nSPS) is 11.8. The van der Waals surface area contributed by atoms with E-state index in [-0.39, 0.29) is 11.9 Å². The Balaban J connectivity index is 1.83. The molecule has 0 aliphatic carbocycles. The molecule has 0 spiro atoms. The van der Waals surface area contributed by atoms with E-state index in [0.717, 1.165) is 5.75 Å². The van der Waals surface area contributed by atoms with Crippen molar-refractivity contribution in [3.63, 3.8) is 0 Å². The second-order valence-corrected chi connectivity index (χ2v) is 5.44. The van der Waals surface area contributed by atoms with E-state index in [2.05, 4.69) is 5.32 Å². The quantitative estimate of drug-likeness (QED) is 0.911. The van der Waals surface area contributed by atoms with Gasteiger partial charge in [-0.05, 0) is 50.2 Å². The molecule has 1 atom stereocenters. The largest absolute Gasteiger partial charge is 0.491 e. The van der Waals surface area contributed by atoms with Crippen LogP contribution in [0.25, 0.3) is 0 Å². The van der Waals surface area contributed by atoms with Crippen LogP contribution >= 0.6 is 11.6 Å². The van der Waals surface area contributed by atoms with Crippen LogP contribution in [0.5, 0.6) is 5.75 Å². The summed E-state index contributed by atoms with van der Waals surface area (Å²) in [7, 11) is 0. The second kappa shape index (κ2) is 7.14. The van der Waals surface area contributed by atoms with Crippen LogP contribution in [0.3, 0.4) is 0 Å². The highest BCUT2D eigenvalue weighted by Crippen LogP contribution is 2.12. The van der Waals surface area contributed by atoms with Crippen molar-refractivity contribution < 1.29 is 9.53 Å². The maximum absolute atomic E-state index is 12.0. The molecule has 4 heteroatoms. The summed E-state index contributed by atoms with van der Waals surface area (Å²) >= 11 is 5.80. The Morgan fingerprint density at radius 3 is 2.38 bits per heavy atom. The van der Waals surface area contributed by atoms with Gasteiger partial charge in [0.15, 0.2) is 0 Å². The Morgan fingerprint density at radius 1 is 1.14 bits per heavy atom. The number of amides is 1. The van der Waals surface area contributed by atoms with Gasteiger partial charge in [-0.2, -0.15) is 0 Å². The van der Waals surface area contributed by atoms with Crippen molar-refractivity contribution in [2.24, 2.45) is 0 Å². The lowest BCUT2D eigenvalue weighted by Gasteiger charge is -2.15. The number of benzene rings is 2. The van der Waals surface area contributed by atoms with Crippen LogP contribution in [-0.4, -0.2) is 18.6 Å². The van der Waals surface area contributed by atoms with Crippen molar-refractivity contribution in [1.29, 1.82) is 0 Å². The molecular formula is C17H18ClNO2. The van der Waals surface area contributed by atoms with Gasteiger partial charge in [-0.15, -0.1) is 0 Å². The lowest BCUT2D eigenvalue weighted by molar-refractivity contribution is 0.0926. The minimum Gasteiger partial charge on any atom is -0.491 e. The van der Waals surface area contributed by atoms with Crippen molar-refractivity contribution in [3.8, 4) is 5.75 Å². The summed E-state index contributed by atoms with van der Waals surface area (Å²) < 4.78 is 5.64. The van der Waals surface area contributed by atoms with Crippen molar-refractivity contribution in [3.05, 3.63) is 64.7 Å². The number of carbonyl (C=O) groups excluding carboxylic acids is 1. The first kappa shape index (κ1) is 15.4. The van der Waals surface area contributed by atoms with E-state index < -0.39 is 0 Å². The van der Waals surface area contributed by atoms with Crippen LogP contribution in [0, 0.1) is 6.92 Å². The van der Waals surface area contributed by atoms with Crippen LogP contribution in [0.2, 0.25) is 5.02 Å². The average Bonchev–Trinajstić information content (AvgIpc) is 2.47. The van der Waals surface area contributed by atoms with Crippen LogP contribution in [0.15, 0.2) is 48.5 Å². The zero-order valence-electron chi connectivity index (χ0n) is 12.1. The first-order chi connectivity index (χ1) is 10.0. The monoisotopic (exact) mass is 303 g/mol. The molecule has 0 aromatic heterocycles. The first-order valence-corrected chi connectivity index (χ1v) is 7.18. The summed E-state index contributed by atoms with van der Waals surface area (Å²) in [6.07, 6.45) is 0. The van der Waals surface area contributed by atoms with Gasteiger partial charge in [0.25, 0.3) is 5.91 Å². The van der Waals surface area contributed by atoms with Gasteiger partial charge in [0.2, 0.25) is 0 Å². The summed E-state index contributed by atoms with van der Waals surface area (Å²) in [5.74, 6) is 0.667. The molecule has 2 aromatic rings. The Bertz CT molecular complexity index is 593. The second-order valence-electron chi connectivity index (χ2n) is 5.01. The molecule has 1 N–H and O–H groups in total. The molecule has 0 bridgehead atoms. The molecule has 0 unspecified atom stereocenters. The molecule has 0 saturated carbocycles. The molecule has 0 heterocycles. The van der Waals surface area contributed by atoms with Gasteiger partial charge in [0.1, 0.15) is 12.4 Å². The number of halogens is 1. The van der Waals surface area contributed by atoms with Crippen LogP contribution in [0.1, 0.15) is 22.8 Å². The van der Waals surface area contributed by atoms with Gasteiger partial charge in [0.05, 0.1) is 6.04 Å². The van der Waals surface area contributed by atoms with E-state index in [1.54, 1.807) is 24.3 Å². The van der Waals surface area contributed by atoms with Gasteiger partial charge in [-0.25, -0.2) is 0 Å². The molecule has 21 heavy (non-hydrogen) atoms. The number of nitrogens with one attached hydrogen (secondary N) is 1. The Morgan fingerprint density at radius 2 is 1.76 bits per heavy atom. The minimum atomic E-state index is -0.133. The van der Waals surface area contributed by atoms with Gasteiger partial charge in [-0.1, -0.05) is 29.3 Å². The summed E-state index contributed by atoms with van der Waals surface area (Å²) in [4.78, 5) is 12.0. The third kappa shape index (κ3) is 4.80. The van der Waals surface area contributed by atoms with E-state index in [0.29, 0.717) is 17.2 Å². The summed E-state index contributed by atoms with van der Waals surface area (Å²) in [5, 5.41) is 3.50. The van der Waals surface area contributed by atoms with Crippen molar-refractivity contribution in [2.75, 3.05) is 6.61 Å². The van der Waals surface area contributed by atoms with Crippen molar-refractivity contribution in [2.45, 2.75) is 19.9 Å². The SMILES string of the molecule is Cc1ccc(OC[C@@H](C)NC(=O)c2ccc(Cl)cc2)cc1. The highest BCUT2D eigenvalue weighted by atomic mass is 35.5. The number of ether oxygens (including phenoxy) is 1. The van der Waals surface area contributed by atoms with Crippen LogP contribution in [0.4, 0.5) is 0 Å². The van der Waals surface area contributed by atoms with E-state index >= 15 is 0 Å². The molecule has 3 nitrogen and oxygen atoms in total. The Kier molecular flexibility index (Phi) is 5.23. The van der Waals surface area contributed by atoms with E-state index in [9.17, 15) is 4.79 Å². The number of aryl methyl sites for hydroxylation is 1. The highest BCUT2D eigenvalue weighted by molar-refractivity contribution is 6.30. The lowest BCUT2D eigenvalue weighted by Crippen LogP contribution is -2.36. The third-order valence-corrected chi connectivity index (χ3v) is 3.26. The summed E-state index contributed by atoms with van der Waals surface area (Å²) in [6.45, 7) is 4.35. The fraction of sp³-hybridized carbons (Fsp3) is 0.235. The average molecular weight is 304 g/mol. The summed E-state index contributed by atoms with van der Waals surface area (Å²) in [6, 6.07) is 14.5. The third-order valence-electron chi connectivity index (χ3n) is 3.00. The number of hydrogen-bond donors (Lipinski definition) is 1. The minimum absolute atomic E-state index is 0.0884. The van der Waals surface area contributed by atoms with Gasteiger partial charge in [0, 0.05) is 10.6 Å². The predicted octanol–water partition coefficient (Wildman–Crippen LogP) is 3.85. The maximum atomic E-state index is 12.0. The zero-order chi connectivity index (χ0) is 15.2. The van der Waals surface area contributed by atoms with E-state index in [1.165, 1.54) is 5.56 Å².